The molecule has 19 heavy (non-hydrogen) atoms. The van der Waals surface area contributed by atoms with Crippen molar-refractivity contribution in [2.75, 3.05) is 26.7 Å². The molecule has 106 valence electrons. The second-order valence-corrected chi connectivity index (χ2v) is 5.05. The van der Waals surface area contributed by atoms with Crippen molar-refractivity contribution in [2.24, 2.45) is 0 Å². The fourth-order valence-electron chi connectivity index (χ4n) is 1.82. The predicted octanol–water partition coefficient (Wildman–Crippen LogP) is 2.42. The Morgan fingerprint density at radius 3 is 2.63 bits per heavy atom. The molecule has 5 heteroatoms. The summed E-state index contributed by atoms with van der Waals surface area (Å²) in [5.41, 5.74) is 1.03. The van der Waals surface area contributed by atoms with Gasteiger partial charge in [0.05, 0.1) is 0 Å². The number of nitrogens with zero attached hydrogens (tertiary/aromatic N) is 1. The molecule has 1 aromatic rings. The highest BCUT2D eigenvalue weighted by Crippen LogP contribution is 2.23. The van der Waals surface area contributed by atoms with Gasteiger partial charge >= 0.3 is 0 Å². The third-order valence-electron chi connectivity index (χ3n) is 2.86. The molecule has 1 rings (SSSR count). The largest absolute Gasteiger partial charge is 0.483 e. The van der Waals surface area contributed by atoms with Crippen LogP contribution in [-0.2, 0) is 11.3 Å². The second kappa shape index (κ2) is 8.17. The van der Waals surface area contributed by atoms with Crippen molar-refractivity contribution >= 4 is 21.8 Å². The van der Waals surface area contributed by atoms with Gasteiger partial charge in [-0.3, -0.25) is 4.79 Å². The van der Waals surface area contributed by atoms with E-state index in [0.717, 1.165) is 15.8 Å². The maximum Gasteiger partial charge on any atom is 0.260 e. The number of carbonyl (C=O) groups excluding carboxylic acids is 1. The molecular weight excluding hydrogens is 308 g/mol. The van der Waals surface area contributed by atoms with Crippen LogP contribution in [0.25, 0.3) is 0 Å². The molecule has 0 bridgehead atoms. The topological polar surface area (TPSA) is 41.6 Å². The zero-order valence-corrected chi connectivity index (χ0v) is 13.3. The van der Waals surface area contributed by atoms with E-state index < -0.39 is 0 Å². The van der Waals surface area contributed by atoms with Gasteiger partial charge < -0.3 is 15.0 Å². The zero-order chi connectivity index (χ0) is 14.3. The summed E-state index contributed by atoms with van der Waals surface area (Å²) in [4.78, 5) is 13.7. The summed E-state index contributed by atoms with van der Waals surface area (Å²) < 4.78 is 6.64. The van der Waals surface area contributed by atoms with E-state index in [4.69, 9.17) is 4.74 Å². The Bertz CT molecular complexity index is 420. The van der Waals surface area contributed by atoms with Gasteiger partial charge in [-0.2, -0.15) is 0 Å². The zero-order valence-electron chi connectivity index (χ0n) is 11.7. The second-order valence-electron chi connectivity index (χ2n) is 4.14. The lowest BCUT2D eigenvalue weighted by molar-refractivity contribution is -0.132. The van der Waals surface area contributed by atoms with Gasteiger partial charge in [0, 0.05) is 29.7 Å². The fourth-order valence-corrected chi connectivity index (χ4v) is 2.23. The smallest absolute Gasteiger partial charge is 0.260 e. The fraction of sp³-hybridized carbons (Fsp3) is 0.500. The number of carbonyl (C=O) groups is 1. The van der Waals surface area contributed by atoms with Crippen LogP contribution in [0.3, 0.4) is 0 Å². The SMILES string of the molecule is CCN(CC)C(=O)COc1ccc(Br)cc1CNC. The van der Waals surface area contributed by atoms with E-state index in [1.54, 1.807) is 4.90 Å². The van der Waals surface area contributed by atoms with Crippen molar-refractivity contribution in [3.63, 3.8) is 0 Å². The summed E-state index contributed by atoms with van der Waals surface area (Å²) in [6, 6.07) is 5.79. The molecule has 0 atom stereocenters. The summed E-state index contributed by atoms with van der Waals surface area (Å²) in [6.07, 6.45) is 0. The number of benzene rings is 1. The van der Waals surface area contributed by atoms with Crippen molar-refractivity contribution in [3.05, 3.63) is 28.2 Å². The first-order valence-corrected chi connectivity index (χ1v) is 7.25. The molecule has 0 heterocycles. The Balaban J connectivity index is 2.69. The number of amides is 1. The number of hydrogen-bond acceptors (Lipinski definition) is 3. The highest BCUT2D eigenvalue weighted by atomic mass is 79.9. The van der Waals surface area contributed by atoms with E-state index in [9.17, 15) is 4.79 Å². The van der Waals surface area contributed by atoms with Crippen molar-refractivity contribution < 1.29 is 9.53 Å². The van der Waals surface area contributed by atoms with Gasteiger partial charge in [-0.05, 0) is 39.1 Å². The van der Waals surface area contributed by atoms with E-state index in [2.05, 4.69) is 21.2 Å². The molecule has 1 amide bonds. The maximum absolute atomic E-state index is 11.9. The lowest BCUT2D eigenvalue weighted by atomic mass is 10.2. The van der Waals surface area contributed by atoms with Crippen LogP contribution in [0.5, 0.6) is 5.75 Å². The molecule has 0 fully saturated rings. The molecule has 0 spiro atoms. The number of ether oxygens (including phenoxy) is 1. The lowest BCUT2D eigenvalue weighted by Gasteiger charge is -2.19. The first kappa shape index (κ1) is 16.0. The van der Waals surface area contributed by atoms with Crippen molar-refractivity contribution in [1.82, 2.24) is 10.2 Å². The highest BCUT2D eigenvalue weighted by molar-refractivity contribution is 9.10. The molecule has 0 saturated carbocycles. The Morgan fingerprint density at radius 2 is 2.05 bits per heavy atom. The monoisotopic (exact) mass is 328 g/mol. The molecule has 1 N–H and O–H groups in total. The highest BCUT2D eigenvalue weighted by Gasteiger charge is 2.11. The average Bonchev–Trinajstić information content (AvgIpc) is 2.39. The van der Waals surface area contributed by atoms with Crippen LogP contribution in [0, 0.1) is 0 Å². The van der Waals surface area contributed by atoms with E-state index in [1.807, 2.05) is 39.1 Å². The number of halogens is 1. The van der Waals surface area contributed by atoms with Crippen LogP contribution in [0.15, 0.2) is 22.7 Å². The minimum absolute atomic E-state index is 0.0170. The minimum Gasteiger partial charge on any atom is -0.483 e. The van der Waals surface area contributed by atoms with Crippen molar-refractivity contribution in [2.45, 2.75) is 20.4 Å². The molecule has 0 saturated heterocycles. The lowest BCUT2D eigenvalue weighted by Crippen LogP contribution is -2.34. The van der Waals surface area contributed by atoms with Crippen LogP contribution >= 0.6 is 15.9 Å². The number of nitrogens with one attached hydrogen (secondary N) is 1. The maximum atomic E-state index is 11.9. The first-order valence-electron chi connectivity index (χ1n) is 6.45. The molecule has 0 aliphatic rings. The van der Waals surface area contributed by atoms with Gasteiger partial charge in [0.15, 0.2) is 6.61 Å². The van der Waals surface area contributed by atoms with Crippen LogP contribution in [0.4, 0.5) is 0 Å². The standard InChI is InChI=1S/C14H21BrN2O2/c1-4-17(5-2)14(18)10-19-13-7-6-12(15)8-11(13)9-16-3/h6-8,16H,4-5,9-10H2,1-3H3. The molecule has 4 nitrogen and oxygen atoms in total. The third kappa shape index (κ3) is 4.84. The van der Waals surface area contributed by atoms with Gasteiger partial charge in [0.2, 0.25) is 0 Å². The van der Waals surface area contributed by atoms with E-state index in [-0.39, 0.29) is 12.5 Å². The van der Waals surface area contributed by atoms with Crippen LogP contribution in [0.1, 0.15) is 19.4 Å². The van der Waals surface area contributed by atoms with Gasteiger partial charge in [0.1, 0.15) is 5.75 Å². The number of rotatable bonds is 7. The van der Waals surface area contributed by atoms with Crippen molar-refractivity contribution in [1.29, 1.82) is 0 Å². The molecule has 0 aliphatic carbocycles. The normalized spacial score (nSPS) is 10.3. The quantitative estimate of drug-likeness (QED) is 0.835. The van der Waals surface area contributed by atoms with Crippen molar-refractivity contribution in [3.8, 4) is 5.75 Å². The van der Waals surface area contributed by atoms with Crippen LogP contribution in [0.2, 0.25) is 0 Å². The number of likely N-dealkylation sites (N-methyl/N-ethyl adjacent to an activating group) is 1. The Morgan fingerprint density at radius 1 is 1.37 bits per heavy atom. The molecule has 0 unspecified atom stereocenters. The average molecular weight is 329 g/mol. The first-order chi connectivity index (χ1) is 9.12. The molecule has 0 radical (unpaired) electrons. The minimum atomic E-state index is 0.0170. The van der Waals surface area contributed by atoms with E-state index in [0.29, 0.717) is 19.6 Å². The summed E-state index contributed by atoms with van der Waals surface area (Å²) in [5, 5.41) is 3.09. The molecule has 0 aliphatic heterocycles. The summed E-state index contributed by atoms with van der Waals surface area (Å²) in [7, 11) is 1.88. The molecular formula is C14H21BrN2O2. The Kier molecular flexibility index (Phi) is 6.87. The molecule has 1 aromatic carbocycles. The summed E-state index contributed by atoms with van der Waals surface area (Å²) >= 11 is 3.43. The predicted molar refractivity (Wildman–Crippen MR) is 80.3 cm³/mol. The van der Waals surface area contributed by atoms with E-state index >= 15 is 0 Å². The molecule has 0 aromatic heterocycles. The van der Waals surface area contributed by atoms with Gasteiger partial charge in [-0.25, -0.2) is 0 Å². The van der Waals surface area contributed by atoms with Gasteiger partial charge in [-0.15, -0.1) is 0 Å². The Hall–Kier alpha value is -1.07. The third-order valence-corrected chi connectivity index (χ3v) is 3.35. The van der Waals surface area contributed by atoms with E-state index in [1.165, 1.54) is 0 Å². The summed E-state index contributed by atoms with van der Waals surface area (Å²) in [6.45, 7) is 6.14. The van der Waals surface area contributed by atoms with Crippen LogP contribution < -0.4 is 10.1 Å². The van der Waals surface area contributed by atoms with Gasteiger partial charge in [-0.1, -0.05) is 15.9 Å². The Labute approximate surface area is 123 Å². The number of hydrogen-bond donors (Lipinski definition) is 1. The summed E-state index contributed by atoms with van der Waals surface area (Å²) in [5.74, 6) is 0.765. The van der Waals surface area contributed by atoms with Crippen LogP contribution in [-0.4, -0.2) is 37.6 Å². The van der Waals surface area contributed by atoms with Gasteiger partial charge in [0.25, 0.3) is 5.91 Å².